The molecule has 0 spiro atoms. The molecule has 4 nitrogen and oxygen atoms in total. The Kier molecular flexibility index (Phi) is 2.79. The van der Waals surface area contributed by atoms with Gasteiger partial charge in [-0.3, -0.25) is 9.36 Å². The summed E-state index contributed by atoms with van der Waals surface area (Å²) in [5.41, 5.74) is 0.862. The molecule has 0 bridgehead atoms. The maximum absolute atomic E-state index is 11.6. The maximum Gasteiger partial charge on any atom is 0.212 e. The predicted molar refractivity (Wildman–Crippen MR) is 58.1 cm³/mol. The van der Waals surface area contributed by atoms with Gasteiger partial charge < -0.3 is 0 Å². The standard InChI is InChI=1S/C12H9N3O/c13-7-6-11(16)12-14-8-9-15(12)10-4-2-1-3-5-10/h1-5,8-9H,6H2. The minimum Gasteiger partial charge on any atom is -0.297 e. The third-order valence-electron chi connectivity index (χ3n) is 2.16. The molecule has 0 aliphatic carbocycles. The minimum atomic E-state index is -0.267. The van der Waals surface area contributed by atoms with Crippen LogP contribution in [0.1, 0.15) is 17.0 Å². The molecule has 0 unspecified atom stereocenters. The maximum atomic E-state index is 11.6. The van der Waals surface area contributed by atoms with Crippen LogP contribution in [0.15, 0.2) is 42.7 Å². The summed E-state index contributed by atoms with van der Waals surface area (Å²) in [6.07, 6.45) is 3.11. The van der Waals surface area contributed by atoms with Crippen LogP contribution in [0.5, 0.6) is 0 Å². The predicted octanol–water partition coefficient (Wildman–Crippen LogP) is 1.97. The van der Waals surface area contributed by atoms with E-state index in [2.05, 4.69) is 4.98 Å². The summed E-state index contributed by atoms with van der Waals surface area (Å²) in [7, 11) is 0. The molecule has 0 fully saturated rings. The number of rotatable bonds is 3. The van der Waals surface area contributed by atoms with Crippen molar-refractivity contribution in [1.82, 2.24) is 9.55 Å². The zero-order chi connectivity index (χ0) is 11.4. The number of benzene rings is 1. The van der Waals surface area contributed by atoms with Gasteiger partial charge in [0.1, 0.15) is 6.42 Å². The van der Waals surface area contributed by atoms with Crippen LogP contribution in [0.2, 0.25) is 0 Å². The Morgan fingerprint density at radius 3 is 2.81 bits per heavy atom. The fraction of sp³-hybridized carbons (Fsp3) is 0.0833. The molecule has 1 aromatic carbocycles. The molecule has 0 saturated carbocycles. The lowest BCUT2D eigenvalue weighted by atomic mass is 10.2. The smallest absolute Gasteiger partial charge is 0.212 e. The van der Waals surface area contributed by atoms with Crippen LogP contribution in [0.25, 0.3) is 5.69 Å². The number of Topliss-reactive ketones (excluding diaryl/α,β-unsaturated/α-hetero) is 1. The van der Waals surface area contributed by atoms with Gasteiger partial charge >= 0.3 is 0 Å². The van der Waals surface area contributed by atoms with Crippen molar-refractivity contribution in [2.75, 3.05) is 0 Å². The summed E-state index contributed by atoms with van der Waals surface area (Å²) in [6.45, 7) is 0. The van der Waals surface area contributed by atoms with Gasteiger partial charge in [-0.2, -0.15) is 5.26 Å². The number of nitriles is 1. The van der Waals surface area contributed by atoms with Gasteiger partial charge in [0, 0.05) is 18.1 Å². The third kappa shape index (κ3) is 1.84. The van der Waals surface area contributed by atoms with Gasteiger partial charge in [-0.25, -0.2) is 4.98 Å². The molecule has 0 aliphatic heterocycles. The number of hydrogen-bond donors (Lipinski definition) is 0. The van der Waals surface area contributed by atoms with Gasteiger partial charge in [0.15, 0.2) is 5.82 Å². The van der Waals surface area contributed by atoms with E-state index in [0.29, 0.717) is 5.82 Å². The summed E-state index contributed by atoms with van der Waals surface area (Å²) < 4.78 is 1.68. The van der Waals surface area contributed by atoms with E-state index in [1.807, 2.05) is 36.4 Å². The van der Waals surface area contributed by atoms with Crippen molar-refractivity contribution in [3.63, 3.8) is 0 Å². The molecule has 78 valence electrons. The van der Waals surface area contributed by atoms with Crippen LogP contribution in [0, 0.1) is 11.3 Å². The Morgan fingerprint density at radius 1 is 1.38 bits per heavy atom. The first-order valence-corrected chi connectivity index (χ1v) is 4.82. The van der Waals surface area contributed by atoms with E-state index in [1.54, 1.807) is 17.0 Å². The summed E-state index contributed by atoms with van der Waals surface area (Å²) in [5, 5.41) is 8.49. The first kappa shape index (κ1) is 10.1. The highest BCUT2D eigenvalue weighted by Gasteiger charge is 2.12. The van der Waals surface area contributed by atoms with Crippen LogP contribution in [0.3, 0.4) is 0 Å². The number of aromatic nitrogens is 2. The Morgan fingerprint density at radius 2 is 2.12 bits per heavy atom. The van der Waals surface area contributed by atoms with Gasteiger partial charge in [0.25, 0.3) is 0 Å². The molecule has 2 aromatic rings. The fourth-order valence-corrected chi connectivity index (χ4v) is 1.46. The Hall–Kier alpha value is -2.41. The number of imidazole rings is 1. The molecular formula is C12H9N3O. The molecule has 0 aliphatic rings. The topological polar surface area (TPSA) is 58.7 Å². The highest BCUT2D eigenvalue weighted by atomic mass is 16.1. The van der Waals surface area contributed by atoms with Crippen LogP contribution < -0.4 is 0 Å². The minimum absolute atomic E-state index is 0.149. The molecule has 16 heavy (non-hydrogen) atoms. The lowest BCUT2D eigenvalue weighted by molar-refractivity contribution is 0.0986. The average molecular weight is 211 g/mol. The number of carbonyl (C=O) groups is 1. The Bertz CT molecular complexity index is 537. The highest BCUT2D eigenvalue weighted by molar-refractivity contribution is 5.94. The number of para-hydroxylation sites is 1. The molecule has 0 saturated heterocycles. The second-order valence-electron chi connectivity index (χ2n) is 3.21. The molecule has 2 rings (SSSR count). The SMILES string of the molecule is N#CCC(=O)c1nccn1-c1ccccc1. The monoisotopic (exact) mass is 211 g/mol. The summed E-state index contributed by atoms with van der Waals surface area (Å²) in [6, 6.07) is 11.3. The van der Waals surface area contributed by atoms with E-state index < -0.39 is 0 Å². The first-order valence-electron chi connectivity index (χ1n) is 4.82. The molecular weight excluding hydrogens is 202 g/mol. The quantitative estimate of drug-likeness (QED) is 0.729. The molecule has 0 N–H and O–H groups in total. The van der Waals surface area contributed by atoms with Crippen molar-refractivity contribution in [3.05, 3.63) is 48.5 Å². The van der Waals surface area contributed by atoms with Crippen LogP contribution in [-0.2, 0) is 0 Å². The molecule has 4 heteroatoms. The second-order valence-corrected chi connectivity index (χ2v) is 3.21. The van der Waals surface area contributed by atoms with Gasteiger partial charge in [-0.05, 0) is 12.1 Å². The zero-order valence-electron chi connectivity index (χ0n) is 8.50. The molecule has 1 aromatic heterocycles. The van der Waals surface area contributed by atoms with E-state index >= 15 is 0 Å². The Labute approximate surface area is 92.8 Å². The van der Waals surface area contributed by atoms with E-state index in [0.717, 1.165) is 5.69 Å². The van der Waals surface area contributed by atoms with Crippen LogP contribution >= 0.6 is 0 Å². The van der Waals surface area contributed by atoms with E-state index in [1.165, 1.54) is 0 Å². The number of carbonyl (C=O) groups excluding carboxylic acids is 1. The normalized spacial score (nSPS) is 9.69. The third-order valence-corrected chi connectivity index (χ3v) is 2.16. The summed E-state index contributed by atoms with van der Waals surface area (Å²) >= 11 is 0. The fourth-order valence-electron chi connectivity index (χ4n) is 1.46. The highest BCUT2D eigenvalue weighted by Crippen LogP contribution is 2.11. The summed E-state index contributed by atoms with van der Waals surface area (Å²) in [4.78, 5) is 15.6. The van der Waals surface area contributed by atoms with E-state index in [4.69, 9.17) is 5.26 Å². The number of ketones is 1. The van der Waals surface area contributed by atoms with Crippen molar-refractivity contribution in [2.24, 2.45) is 0 Å². The average Bonchev–Trinajstić information content (AvgIpc) is 2.79. The zero-order valence-corrected chi connectivity index (χ0v) is 8.50. The second kappa shape index (κ2) is 4.41. The van der Waals surface area contributed by atoms with Gasteiger partial charge in [0.2, 0.25) is 5.78 Å². The van der Waals surface area contributed by atoms with Gasteiger partial charge in [-0.1, -0.05) is 18.2 Å². The van der Waals surface area contributed by atoms with Crippen molar-refractivity contribution in [1.29, 1.82) is 5.26 Å². The summed E-state index contributed by atoms with van der Waals surface area (Å²) in [5.74, 6) is 0.0316. The van der Waals surface area contributed by atoms with Crippen molar-refractivity contribution < 1.29 is 4.79 Å². The lowest BCUT2D eigenvalue weighted by Gasteiger charge is -2.04. The molecule has 0 amide bonds. The molecule has 0 atom stereocenters. The molecule has 0 radical (unpaired) electrons. The van der Waals surface area contributed by atoms with Gasteiger partial charge in [0.05, 0.1) is 6.07 Å². The van der Waals surface area contributed by atoms with Crippen molar-refractivity contribution in [2.45, 2.75) is 6.42 Å². The van der Waals surface area contributed by atoms with E-state index in [-0.39, 0.29) is 12.2 Å². The lowest BCUT2D eigenvalue weighted by Crippen LogP contribution is -2.07. The van der Waals surface area contributed by atoms with Crippen LogP contribution in [0.4, 0.5) is 0 Å². The Balaban J connectivity index is 2.41. The van der Waals surface area contributed by atoms with Crippen LogP contribution in [-0.4, -0.2) is 15.3 Å². The van der Waals surface area contributed by atoms with Crippen molar-refractivity contribution >= 4 is 5.78 Å². The van der Waals surface area contributed by atoms with Crippen molar-refractivity contribution in [3.8, 4) is 11.8 Å². The van der Waals surface area contributed by atoms with Gasteiger partial charge in [-0.15, -0.1) is 0 Å². The van der Waals surface area contributed by atoms with E-state index in [9.17, 15) is 4.79 Å². The number of hydrogen-bond acceptors (Lipinski definition) is 3. The molecule has 1 heterocycles. The number of nitrogens with zero attached hydrogens (tertiary/aromatic N) is 3. The first-order chi connectivity index (χ1) is 7.83. The largest absolute Gasteiger partial charge is 0.297 e.